The van der Waals surface area contributed by atoms with E-state index in [1.54, 1.807) is 6.92 Å². The van der Waals surface area contributed by atoms with E-state index < -0.39 is 17.0 Å². The van der Waals surface area contributed by atoms with E-state index >= 15 is 0 Å². The van der Waals surface area contributed by atoms with Gasteiger partial charge in [0.05, 0.1) is 17.6 Å². The van der Waals surface area contributed by atoms with Gasteiger partial charge in [-0.1, -0.05) is 0 Å². The Kier molecular flexibility index (Phi) is 4.61. The SMILES string of the molecule is COCC(Oc1cc([N+](=O)[O-])ccc1C)C(=O)O. The summed E-state index contributed by atoms with van der Waals surface area (Å²) in [7, 11) is 1.35. The molecule has 0 spiro atoms. The maximum Gasteiger partial charge on any atom is 0.347 e. The summed E-state index contributed by atoms with van der Waals surface area (Å²) in [5.41, 5.74) is 0.458. The van der Waals surface area contributed by atoms with Gasteiger partial charge in [0.25, 0.3) is 5.69 Å². The quantitative estimate of drug-likeness (QED) is 0.609. The van der Waals surface area contributed by atoms with E-state index in [2.05, 4.69) is 0 Å². The number of benzene rings is 1. The van der Waals surface area contributed by atoms with Crippen molar-refractivity contribution >= 4 is 11.7 Å². The minimum absolute atomic E-state index is 0.141. The van der Waals surface area contributed by atoms with Crippen molar-refractivity contribution in [1.82, 2.24) is 0 Å². The van der Waals surface area contributed by atoms with Gasteiger partial charge in [-0.25, -0.2) is 4.79 Å². The van der Waals surface area contributed by atoms with E-state index in [0.717, 1.165) is 0 Å². The second kappa shape index (κ2) is 5.97. The van der Waals surface area contributed by atoms with Gasteiger partial charge >= 0.3 is 5.97 Å². The highest BCUT2D eigenvalue weighted by Crippen LogP contribution is 2.25. The molecule has 0 aromatic heterocycles. The van der Waals surface area contributed by atoms with Crippen LogP contribution in [0, 0.1) is 17.0 Å². The Labute approximate surface area is 103 Å². The fraction of sp³-hybridized carbons (Fsp3) is 0.364. The van der Waals surface area contributed by atoms with Gasteiger partial charge in [-0.05, 0) is 18.6 Å². The molecule has 1 unspecified atom stereocenters. The van der Waals surface area contributed by atoms with E-state index in [1.165, 1.54) is 25.3 Å². The second-order valence-electron chi connectivity index (χ2n) is 3.61. The number of hydrogen-bond donors (Lipinski definition) is 1. The molecule has 0 aliphatic heterocycles. The van der Waals surface area contributed by atoms with Crippen molar-refractivity contribution in [1.29, 1.82) is 0 Å². The Bertz CT molecular complexity index is 459. The van der Waals surface area contributed by atoms with E-state index in [0.29, 0.717) is 5.56 Å². The zero-order chi connectivity index (χ0) is 13.7. The van der Waals surface area contributed by atoms with Gasteiger partial charge in [0, 0.05) is 13.2 Å². The Morgan fingerprint density at radius 2 is 2.22 bits per heavy atom. The monoisotopic (exact) mass is 255 g/mol. The van der Waals surface area contributed by atoms with Gasteiger partial charge in [0.1, 0.15) is 5.75 Å². The first kappa shape index (κ1) is 13.9. The van der Waals surface area contributed by atoms with Crippen molar-refractivity contribution in [3.63, 3.8) is 0 Å². The van der Waals surface area contributed by atoms with Gasteiger partial charge in [-0.3, -0.25) is 10.1 Å². The molecule has 0 bridgehead atoms. The van der Waals surface area contributed by atoms with Gasteiger partial charge < -0.3 is 14.6 Å². The first-order chi connectivity index (χ1) is 8.45. The Morgan fingerprint density at radius 3 is 2.72 bits per heavy atom. The van der Waals surface area contributed by atoms with Crippen LogP contribution in [-0.4, -0.2) is 35.8 Å². The van der Waals surface area contributed by atoms with Gasteiger partial charge in [-0.15, -0.1) is 0 Å². The number of aliphatic carboxylic acids is 1. The average Bonchev–Trinajstić information content (AvgIpc) is 2.30. The van der Waals surface area contributed by atoms with Crippen LogP contribution < -0.4 is 4.74 Å². The lowest BCUT2D eigenvalue weighted by molar-refractivity contribution is -0.385. The molecule has 0 fully saturated rings. The second-order valence-corrected chi connectivity index (χ2v) is 3.61. The number of nitro groups is 1. The smallest absolute Gasteiger partial charge is 0.347 e. The first-order valence-corrected chi connectivity index (χ1v) is 5.09. The Morgan fingerprint density at radius 1 is 1.56 bits per heavy atom. The minimum Gasteiger partial charge on any atom is -0.478 e. The number of non-ortho nitro benzene ring substituents is 1. The predicted molar refractivity (Wildman–Crippen MR) is 61.8 cm³/mol. The molecule has 0 aliphatic rings. The summed E-state index contributed by atoms with van der Waals surface area (Å²) in [6.07, 6.45) is -1.20. The molecule has 1 aromatic carbocycles. The van der Waals surface area contributed by atoms with Crippen LogP contribution in [0.25, 0.3) is 0 Å². The third-order valence-electron chi connectivity index (χ3n) is 2.25. The summed E-state index contributed by atoms with van der Waals surface area (Å²) in [6.45, 7) is 1.53. The molecule has 0 amide bonds. The number of carboxylic acids is 1. The van der Waals surface area contributed by atoms with Gasteiger partial charge in [-0.2, -0.15) is 0 Å². The number of ether oxygens (including phenoxy) is 2. The minimum atomic E-state index is -1.20. The fourth-order valence-electron chi connectivity index (χ4n) is 1.29. The standard InChI is InChI=1S/C11H13NO6/c1-7-3-4-8(12(15)16)5-9(7)18-10(6-17-2)11(13)14/h3-5,10H,6H2,1-2H3,(H,13,14). The number of hydrogen-bond acceptors (Lipinski definition) is 5. The number of carbonyl (C=O) groups is 1. The number of aryl methyl sites for hydroxylation is 1. The molecule has 18 heavy (non-hydrogen) atoms. The normalized spacial score (nSPS) is 11.9. The maximum absolute atomic E-state index is 10.9. The highest BCUT2D eigenvalue weighted by molar-refractivity contribution is 5.73. The predicted octanol–water partition coefficient (Wildman–Crippen LogP) is 1.38. The molecule has 1 N–H and O–H groups in total. The number of methoxy groups -OCH3 is 1. The molecule has 0 radical (unpaired) electrons. The van der Waals surface area contributed by atoms with Crippen LogP contribution in [0.3, 0.4) is 0 Å². The average molecular weight is 255 g/mol. The molecule has 0 saturated carbocycles. The van der Waals surface area contributed by atoms with E-state index in [9.17, 15) is 14.9 Å². The first-order valence-electron chi connectivity index (χ1n) is 5.09. The molecule has 7 heteroatoms. The summed E-state index contributed by atoms with van der Waals surface area (Å²) < 4.78 is 9.92. The summed E-state index contributed by atoms with van der Waals surface area (Å²) in [6, 6.07) is 4.02. The number of nitrogens with zero attached hydrogens (tertiary/aromatic N) is 1. The third kappa shape index (κ3) is 3.42. The zero-order valence-corrected chi connectivity index (χ0v) is 9.95. The van der Waals surface area contributed by atoms with Crippen molar-refractivity contribution in [2.45, 2.75) is 13.0 Å². The number of carboxylic acid groups (broad SMARTS) is 1. The van der Waals surface area contributed by atoms with Crippen molar-refractivity contribution < 1.29 is 24.3 Å². The van der Waals surface area contributed by atoms with E-state index in [-0.39, 0.29) is 18.0 Å². The van der Waals surface area contributed by atoms with E-state index in [4.69, 9.17) is 14.6 Å². The highest BCUT2D eigenvalue weighted by atomic mass is 16.6. The lowest BCUT2D eigenvalue weighted by atomic mass is 10.2. The van der Waals surface area contributed by atoms with Crippen LogP contribution in [0.2, 0.25) is 0 Å². The lowest BCUT2D eigenvalue weighted by Crippen LogP contribution is -2.31. The molecular formula is C11H13NO6. The molecule has 0 heterocycles. The Hall–Kier alpha value is -2.15. The van der Waals surface area contributed by atoms with Crippen molar-refractivity contribution in [3.8, 4) is 5.75 Å². The number of nitro benzene ring substituents is 1. The molecule has 0 saturated heterocycles. The lowest BCUT2D eigenvalue weighted by Gasteiger charge is -2.15. The highest BCUT2D eigenvalue weighted by Gasteiger charge is 2.21. The Balaban J connectivity index is 2.97. The zero-order valence-electron chi connectivity index (χ0n) is 9.95. The maximum atomic E-state index is 10.9. The van der Waals surface area contributed by atoms with Crippen LogP contribution in [-0.2, 0) is 9.53 Å². The third-order valence-corrected chi connectivity index (χ3v) is 2.25. The van der Waals surface area contributed by atoms with Crippen LogP contribution in [0.4, 0.5) is 5.69 Å². The van der Waals surface area contributed by atoms with Gasteiger partial charge in [0.2, 0.25) is 6.10 Å². The molecule has 98 valence electrons. The van der Waals surface area contributed by atoms with Crippen molar-refractivity contribution in [3.05, 3.63) is 33.9 Å². The molecule has 1 rings (SSSR count). The topological polar surface area (TPSA) is 98.9 Å². The van der Waals surface area contributed by atoms with Crippen LogP contribution >= 0.6 is 0 Å². The van der Waals surface area contributed by atoms with Gasteiger partial charge in [0.15, 0.2) is 0 Å². The summed E-state index contributed by atoms with van der Waals surface area (Å²) >= 11 is 0. The molecule has 0 aliphatic carbocycles. The summed E-state index contributed by atoms with van der Waals surface area (Å²) in [5.74, 6) is -1.03. The van der Waals surface area contributed by atoms with E-state index in [1.807, 2.05) is 0 Å². The van der Waals surface area contributed by atoms with Crippen LogP contribution in [0.5, 0.6) is 5.75 Å². The number of rotatable bonds is 6. The molecule has 1 atom stereocenters. The van der Waals surface area contributed by atoms with Crippen LogP contribution in [0.1, 0.15) is 5.56 Å². The molecular weight excluding hydrogens is 242 g/mol. The molecule has 1 aromatic rings. The summed E-state index contributed by atoms with van der Waals surface area (Å²) in [5, 5.41) is 19.5. The largest absolute Gasteiger partial charge is 0.478 e. The fourth-order valence-corrected chi connectivity index (χ4v) is 1.29. The van der Waals surface area contributed by atoms with Crippen molar-refractivity contribution in [2.75, 3.05) is 13.7 Å². The molecule has 7 nitrogen and oxygen atoms in total. The van der Waals surface area contributed by atoms with Crippen molar-refractivity contribution in [2.24, 2.45) is 0 Å². The van der Waals surface area contributed by atoms with Crippen LogP contribution in [0.15, 0.2) is 18.2 Å². The summed E-state index contributed by atoms with van der Waals surface area (Å²) in [4.78, 5) is 20.9.